The van der Waals surface area contributed by atoms with Crippen molar-refractivity contribution in [3.05, 3.63) is 29.8 Å². The van der Waals surface area contributed by atoms with Crippen LogP contribution in [0.3, 0.4) is 0 Å². The molecule has 0 spiro atoms. The summed E-state index contributed by atoms with van der Waals surface area (Å²) in [6.45, 7) is 4.19. The Balaban J connectivity index is 1.83. The van der Waals surface area contributed by atoms with Crippen LogP contribution in [-0.4, -0.2) is 32.1 Å². The van der Waals surface area contributed by atoms with Crippen molar-refractivity contribution in [3.8, 4) is 5.75 Å². The maximum atomic E-state index is 5.74. The Bertz CT molecular complexity index is 345. The second kappa shape index (κ2) is 11.6. The fourth-order valence-corrected chi connectivity index (χ4v) is 2.42. The van der Waals surface area contributed by atoms with E-state index in [0.29, 0.717) is 0 Å². The van der Waals surface area contributed by atoms with Gasteiger partial charge in [0.15, 0.2) is 0 Å². The highest BCUT2D eigenvalue weighted by Gasteiger charge is 1.95. The van der Waals surface area contributed by atoms with Crippen LogP contribution < -0.4 is 4.74 Å². The Morgan fingerprint density at radius 2 is 1.29 bits per heavy atom. The fourth-order valence-electron chi connectivity index (χ4n) is 2.42. The van der Waals surface area contributed by atoms with Gasteiger partial charge in [-0.2, -0.15) is 0 Å². The Kier molecular flexibility index (Phi) is 9.98. The van der Waals surface area contributed by atoms with Gasteiger partial charge in [0.05, 0.1) is 6.61 Å². The number of benzene rings is 1. The topological polar surface area (TPSA) is 12.5 Å². The smallest absolute Gasteiger partial charge is 0.119 e. The third-order valence-corrected chi connectivity index (χ3v) is 3.79. The maximum absolute atomic E-state index is 5.74. The van der Waals surface area contributed by atoms with Crippen LogP contribution in [-0.2, 0) is 0 Å². The van der Waals surface area contributed by atoms with Crippen LogP contribution in [0, 0.1) is 6.92 Å². The average Bonchev–Trinajstić information content (AvgIpc) is 2.46. The van der Waals surface area contributed by atoms with Crippen molar-refractivity contribution in [2.75, 3.05) is 27.2 Å². The molecule has 2 nitrogen and oxygen atoms in total. The first-order chi connectivity index (χ1) is 10.2. The van der Waals surface area contributed by atoms with Gasteiger partial charge < -0.3 is 9.64 Å². The maximum Gasteiger partial charge on any atom is 0.119 e. The second-order valence-corrected chi connectivity index (χ2v) is 6.29. The molecule has 0 fully saturated rings. The van der Waals surface area contributed by atoms with Crippen molar-refractivity contribution in [3.63, 3.8) is 0 Å². The van der Waals surface area contributed by atoms with Crippen LogP contribution >= 0.6 is 0 Å². The number of unbranched alkanes of at least 4 members (excludes halogenated alkanes) is 7. The van der Waals surface area contributed by atoms with E-state index in [4.69, 9.17) is 4.74 Å². The van der Waals surface area contributed by atoms with Crippen molar-refractivity contribution in [2.45, 2.75) is 58.3 Å². The Morgan fingerprint density at radius 1 is 0.762 bits per heavy atom. The highest BCUT2D eigenvalue weighted by Crippen LogP contribution is 2.13. The molecule has 0 amide bonds. The van der Waals surface area contributed by atoms with Gasteiger partial charge in [-0.3, -0.25) is 0 Å². The molecule has 0 radical (unpaired) electrons. The number of nitrogens with zero attached hydrogens (tertiary/aromatic N) is 1. The van der Waals surface area contributed by atoms with Crippen LogP contribution in [0.5, 0.6) is 5.75 Å². The predicted molar refractivity (Wildman–Crippen MR) is 92.2 cm³/mol. The number of ether oxygens (including phenoxy) is 1. The lowest BCUT2D eigenvalue weighted by molar-refractivity contribution is 0.304. The average molecular weight is 291 g/mol. The van der Waals surface area contributed by atoms with E-state index in [2.05, 4.69) is 50.2 Å². The van der Waals surface area contributed by atoms with Gasteiger partial charge in [0.25, 0.3) is 0 Å². The molecule has 2 heteroatoms. The minimum atomic E-state index is 0.853. The number of rotatable bonds is 12. The zero-order chi connectivity index (χ0) is 15.3. The minimum absolute atomic E-state index is 0.853. The summed E-state index contributed by atoms with van der Waals surface area (Å²) < 4.78 is 5.74. The van der Waals surface area contributed by atoms with E-state index in [1.807, 2.05) is 0 Å². The van der Waals surface area contributed by atoms with E-state index in [9.17, 15) is 0 Å². The summed E-state index contributed by atoms with van der Waals surface area (Å²) in [4.78, 5) is 2.27. The van der Waals surface area contributed by atoms with E-state index in [1.54, 1.807) is 0 Å². The summed E-state index contributed by atoms with van der Waals surface area (Å²) >= 11 is 0. The van der Waals surface area contributed by atoms with E-state index in [1.165, 1.54) is 63.5 Å². The van der Waals surface area contributed by atoms with Crippen molar-refractivity contribution in [1.82, 2.24) is 4.90 Å². The number of aryl methyl sites for hydroxylation is 1. The first kappa shape index (κ1) is 18.0. The standard InChI is InChI=1S/C19H33NO/c1-18-12-14-19(15-13-18)21-17-11-9-7-5-4-6-8-10-16-20(2)3/h12-15H,4-11,16-17H2,1-3H3. The molecule has 21 heavy (non-hydrogen) atoms. The largest absolute Gasteiger partial charge is 0.494 e. The number of hydrogen-bond acceptors (Lipinski definition) is 2. The van der Waals surface area contributed by atoms with Crippen molar-refractivity contribution in [2.24, 2.45) is 0 Å². The lowest BCUT2D eigenvalue weighted by Crippen LogP contribution is -2.12. The molecular weight excluding hydrogens is 258 g/mol. The number of hydrogen-bond donors (Lipinski definition) is 0. The zero-order valence-corrected chi connectivity index (χ0v) is 14.2. The molecule has 0 aliphatic rings. The molecule has 0 saturated carbocycles. The summed E-state index contributed by atoms with van der Waals surface area (Å²) in [5, 5.41) is 0. The van der Waals surface area contributed by atoms with Gasteiger partial charge in [0.2, 0.25) is 0 Å². The molecule has 0 atom stereocenters. The molecule has 0 saturated heterocycles. The molecule has 0 aromatic heterocycles. The normalized spacial score (nSPS) is 11.0. The lowest BCUT2D eigenvalue weighted by Gasteiger charge is -2.08. The molecule has 0 aliphatic heterocycles. The molecule has 1 aromatic rings. The van der Waals surface area contributed by atoms with E-state index in [0.717, 1.165) is 12.4 Å². The molecular formula is C19H33NO. The van der Waals surface area contributed by atoms with Gasteiger partial charge >= 0.3 is 0 Å². The highest BCUT2D eigenvalue weighted by molar-refractivity contribution is 5.26. The van der Waals surface area contributed by atoms with Crippen molar-refractivity contribution < 1.29 is 4.74 Å². The molecule has 0 N–H and O–H groups in total. The highest BCUT2D eigenvalue weighted by atomic mass is 16.5. The molecule has 0 unspecified atom stereocenters. The molecule has 1 rings (SSSR count). The Labute approximate surface area is 131 Å². The monoisotopic (exact) mass is 291 g/mol. The van der Waals surface area contributed by atoms with Gasteiger partial charge in [-0.1, -0.05) is 56.2 Å². The summed E-state index contributed by atoms with van der Waals surface area (Å²) in [7, 11) is 4.30. The summed E-state index contributed by atoms with van der Waals surface area (Å²) in [5.74, 6) is 1.00. The summed E-state index contributed by atoms with van der Waals surface area (Å²) in [6, 6.07) is 8.32. The van der Waals surface area contributed by atoms with E-state index in [-0.39, 0.29) is 0 Å². The summed E-state index contributed by atoms with van der Waals surface area (Å²) in [6.07, 6.45) is 10.7. The summed E-state index contributed by atoms with van der Waals surface area (Å²) in [5.41, 5.74) is 1.29. The van der Waals surface area contributed by atoms with E-state index < -0.39 is 0 Å². The van der Waals surface area contributed by atoms with Gasteiger partial charge in [-0.15, -0.1) is 0 Å². The third kappa shape index (κ3) is 10.4. The van der Waals surface area contributed by atoms with E-state index >= 15 is 0 Å². The quantitative estimate of drug-likeness (QED) is 0.499. The van der Waals surface area contributed by atoms with Crippen LogP contribution in [0.1, 0.15) is 56.9 Å². The third-order valence-electron chi connectivity index (χ3n) is 3.79. The molecule has 0 bridgehead atoms. The van der Waals surface area contributed by atoms with Crippen LogP contribution in [0.25, 0.3) is 0 Å². The molecule has 120 valence electrons. The SMILES string of the molecule is Cc1ccc(OCCCCCCCCCCN(C)C)cc1. The molecule has 0 heterocycles. The van der Waals surface area contributed by atoms with Crippen LogP contribution in [0.2, 0.25) is 0 Å². The first-order valence-electron chi connectivity index (χ1n) is 8.52. The predicted octanol–water partition coefficient (Wildman–Crippen LogP) is 5.06. The van der Waals surface area contributed by atoms with Gasteiger partial charge in [-0.25, -0.2) is 0 Å². The van der Waals surface area contributed by atoms with Crippen molar-refractivity contribution >= 4 is 0 Å². The lowest BCUT2D eigenvalue weighted by atomic mass is 10.1. The van der Waals surface area contributed by atoms with Crippen LogP contribution in [0.4, 0.5) is 0 Å². The van der Waals surface area contributed by atoms with Gasteiger partial charge in [0, 0.05) is 0 Å². The second-order valence-electron chi connectivity index (χ2n) is 6.29. The first-order valence-corrected chi connectivity index (χ1v) is 8.52. The zero-order valence-electron chi connectivity index (χ0n) is 14.2. The Morgan fingerprint density at radius 3 is 1.86 bits per heavy atom. The fraction of sp³-hybridized carbons (Fsp3) is 0.684. The van der Waals surface area contributed by atoms with Gasteiger partial charge in [-0.05, 0) is 52.5 Å². The van der Waals surface area contributed by atoms with Crippen LogP contribution in [0.15, 0.2) is 24.3 Å². The molecule has 0 aliphatic carbocycles. The van der Waals surface area contributed by atoms with Crippen molar-refractivity contribution in [1.29, 1.82) is 0 Å². The molecule has 1 aromatic carbocycles. The Hall–Kier alpha value is -1.02. The van der Waals surface area contributed by atoms with Gasteiger partial charge in [0.1, 0.15) is 5.75 Å². The minimum Gasteiger partial charge on any atom is -0.494 e.